The van der Waals surface area contributed by atoms with E-state index in [9.17, 15) is 0 Å². The van der Waals surface area contributed by atoms with Crippen LogP contribution in [0, 0.1) is 6.92 Å². The molecule has 0 bridgehead atoms. The Morgan fingerprint density at radius 2 is 2.18 bits per heavy atom. The Balaban J connectivity index is 2.08. The van der Waals surface area contributed by atoms with Crippen LogP contribution in [0.2, 0.25) is 0 Å². The highest BCUT2D eigenvalue weighted by atomic mass is 15.3. The summed E-state index contributed by atoms with van der Waals surface area (Å²) in [6.07, 6.45) is 4.77. The number of hydrogen-bond donors (Lipinski definition) is 1. The molecule has 0 radical (unpaired) electrons. The maximum absolute atomic E-state index is 4.36. The van der Waals surface area contributed by atoms with Gasteiger partial charge < -0.3 is 5.32 Å². The lowest BCUT2D eigenvalue weighted by Crippen LogP contribution is -2.06. The van der Waals surface area contributed by atoms with Crippen molar-refractivity contribution in [1.82, 2.24) is 14.8 Å². The molecule has 0 aliphatic heterocycles. The van der Waals surface area contributed by atoms with Crippen LogP contribution in [0.3, 0.4) is 0 Å². The summed E-state index contributed by atoms with van der Waals surface area (Å²) >= 11 is 0. The highest BCUT2D eigenvalue weighted by Gasteiger charge is 2.01. The van der Waals surface area contributed by atoms with E-state index >= 15 is 0 Å². The molecule has 0 saturated heterocycles. The lowest BCUT2D eigenvalue weighted by Gasteiger charge is -2.07. The Bertz CT molecular complexity index is 476. The Labute approximate surface area is 102 Å². The van der Waals surface area contributed by atoms with Crippen molar-refractivity contribution in [1.29, 1.82) is 0 Å². The van der Waals surface area contributed by atoms with Gasteiger partial charge in [-0.2, -0.15) is 5.10 Å². The summed E-state index contributed by atoms with van der Waals surface area (Å²) in [5.41, 5.74) is 3.30. The third-order valence-corrected chi connectivity index (χ3v) is 2.64. The van der Waals surface area contributed by atoms with E-state index in [0.29, 0.717) is 0 Å². The third-order valence-electron chi connectivity index (χ3n) is 2.64. The van der Waals surface area contributed by atoms with Crippen molar-refractivity contribution in [2.45, 2.75) is 26.8 Å². The van der Waals surface area contributed by atoms with Crippen LogP contribution in [0.15, 0.2) is 30.6 Å². The molecule has 2 aromatic rings. The van der Waals surface area contributed by atoms with Crippen LogP contribution in [-0.2, 0) is 6.54 Å². The van der Waals surface area contributed by atoms with Crippen LogP contribution in [-0.4, -0.2) is 21.3 Å². The van der Waals surface area contributed by atoms with Crippen molar-refractivity contribution < 1.29 is 0 Å². The molecule has 4 nitrogen and oxygen atoms in total. The van der Waals surface area contributed by atoms with Crippen molar-refractivity contribution in [3.8, 4) is 0 Å². The molecular formula is C13H18N4. The van der Waals surface area contributed by atoms with Crippen molar-refractivity contribution in [3.05, 3.63) is 42.0 Å². The Hall–Kier alpha value is -1.84. The summed E-state index contributed by atoms with van der Waals surface area (Å²) in [5, 5.41) is 7.62. The molecular weight excluding hydrogens is 212 g/mol. The standard InChI is InChI=1S/C13H18N4/c1-3-6-14-12-5-7-15-13(9-12)10-17-11(2)4-8-16-17/h4-5,7-9H,3,6,10H2,1-2H3,(H,14,15). The Morgan fingerprint density at radius 3 is 2.88 bits per heavy atom. The van der Waals surface area contributed by atoms with Gasteiger partial charge in [0.1, 0.15) is 0 Å². The van der Waals surface area contributed by atoms with Gasteiger partial charge in [-0.25, -0.2) is 0 Å². The molecule has 0 fully saturated rings. The summed E-state index contributed by atoms with van der Waals surface area (Å²) < 4.78 is 1.95. The summed E-state index contributed by atoms with van der Waals surface area (Å²) in [6, 6.07) is 6.07. The largest absolute Gasteiger partial charge is 0.385 e. The zero-order valence-electron chi connectivity index (χ0n) is 10.3. The zero-order valence-corrected chi connectivity index (χ0v) is 10.3. The van der Waals surface area contributed by atoms with Gasteiger partial charge in [-0.3, -0.25) is 9.67 Å². The van der Waals surface area contributed by atoms with Gasteiger partial charge in [0.2, 0.25) is 0 Å². The first-order chi connectivity index (χ1) is 8.29. The van der Waals surface area contributed by atoms with Crippen molar-refractivity contribution in [2.24, 2.45) is 0 Å². The number of aryl methyl sites for hydroxylation is 1. The molecule has 2 aromatic heterocycles. The van der Waals surface area contributed by atoms with Crippen LogP contribution < -0.4 is 5.32 Å². The van der Waals surface area contributed by atoms with E-state index in [2.05, 4.69) is 28.4 Å². The molecule has 4 heteroatoms. The Morgan fingerprint density at radius 1 is 1.29 bits per heavy atom. The molecule has 0 atom stereocenters. The number of nitrogens with one attached hydrogen (secondary N) is 1. The van der Waals surface area contributed by atoms with Gasteiger partial charge in [-0.05, 0) is 31.5 Å². The van der Waals surface area contributed by atoms with E-state index in [1.165, 1.54) is 0 Å². The minimum Gasteiger partial charge on any atom is -0.385 e. The van der Waals surface area contributed by atoms with Crippen LogP contribution in [0.1, 0.15) is 24.7 Å². The zero-order chi connectivity index (χ0) is 12.1. The van der Waals surface area contributed by atoms with Gasteiger partial charge in [0.15, 0.2) is 0 Å². The second-order valence-corrected chi connectivity index (χ2v) is 4.09. The summed E-state index contributed by atoms with van der Waals surface area (Å²) in [4.78, 5) is 4.36. The molecule has 17 heavy (non-hydrogen) atoms. The minimum absolute atomic E-state index is 0.723. The van der Waals surface area contributed by atoms with E-state index < -0.39 is 0 Å². The fourth-order valence-corrected chi connectivity index (χ4v) is 1.66. The average Bonchev–Trinajstić information content (AvgIpc) is 2.73. The monoisotopic (exact) mass is 230 g/mol. The normalized spacial score (nSPS) is 10.5. The van der Waals surface area contributed by atoms with E-state index in [1.54, 1.807) is 0 Å². The molecule has 0 spiro atoms. The van der Waals surface area contributed by atoms with Gasteiger partial charge in [0.05, 0.1) is 12.2 Å². The van der Waals surface area contributed by atoms with Crippen LogP contribution in [0.5, 0.6) is 0 Å². The maximum atomic E-state index is 4.36. The second kappa shape index (κ2) is 5.48. The predicted octanol–water partition coefficient (Wildman–Crippen LogP) is 2.46. The Kier molecular flexibility index (Phi) is 3.75. The number of nitrogens with zero attached hydrogens (tertiary/aromatic N) is 3. The lowest BCUT2D eigenvalue weighted by atomic mass is 10.3. The topological polar surface area (TPSA) is 42.7 Å². The number of anilines is 1. The van der Waals surface area contributed by atoms with Gasteiger partial charge >= 0.3 is 0 Å². The predicted molar refractivity (Wildman–Crippen MR) is 69.1 cm³/mol. The smallest absolute Gasteiger partial charge is 0.0835 e. The second-order valence-electron chi connectivity index (χ2n) is 4.09. The number of hydrogen-bond acceptors (Lipinski definition) is 3. The van der Waals surface area contributed by atoms with Gasteiger partial charge in [-0.15, -0.1) is 0 Å². The van der Waals surface area contributed by atoms with Crippen LogP contribution in [0.4, 0.5) is 5.69 Å². The lowest BCUT2D eigenvalue weighted by molar-refractivity contribution is 0.652. The molecule has 0 aromatic carbocycles. The number of aromatic nitrogens is 3. The quantitative estimate of drug-likeness (QED) is 0.858. The van der Waals surface area contributed by atoms with Crippen LogP contribution >= 0.6 is 0 Å². The molecule has 0 amide bonds. The minimum atomic E-state index is 0.723. The molecule has 2 rings (SSSR count). The van der Waals surface area contributed by atoms with E-state index in [-0.39, 0.29) is 0 Å². The van der Waals surface area contributed by atoms with E-state index in [4.69, 9.17) is 0 Å². The van der Waals surface area contributed by atoms with Crippen molar-refractivity contribution in [3.63, 3.8) is 0 Å². The average molecular weight is 230 g/mol. The molecule has 0 unspecified atom stereocenters. The van der Waals surface area contributed by atoms with Crippen LogP contribution in [0.25, 0.3) is 0 Å². The number of pyridine rings is 1. The van der Waals surface area contributed by atoms with E-state index in [1.807, 2.05) is 36.1 Å². The highest BCUT2D eigenvalue weighted by Crippen LogP contribution is 2.09. The summed E-state index contributed by atoms with van der Waals surface area (Å²) in [6.45, 7) is 5.92. The third kappa shape index (κ3) is 3.06. The molecule has 0 aliphatic rings. The first kappa shape index (κ1) is 11.6. The van der Waals surface area contributed by atoms with Crippen molar-refractivity contribution in [2.75, 3.05) is 11.9 Å². The molecule has 0 saturated carbocycles. The SMILES string of the molecule is CCCNc1ccnc(Cn2nccc2C)c1. The molecule has 1 N–H and O–H groups in total. The molecule has 2 heterocycles. The molecule has 0 aliphatic carbocycles. The number of rotatable bonds is 5. The van der Waals surface area contributed by atoms with Gasteiger partial charge in [0, 0.05) is 30.3 Å². The van der Waals surface area contributed by atoms with Gasteiger partial charge in [0.25, 0.3) is 0 Å². The summed E-state index contributed by atoms with van der Waals surface area (Å²) in [7, 11) is 0. The first-order valence-electron chi connectivity index (χ1n) is 5.97. The highest BCUT2D eigenvalue weighted by molar-refractivity contribution is 5.43. The fraction of sp³-hybridized carbons (Fsp3) is 0.385. The van der Waals surface area contributed by atoms with Gasteiger partial charge in [-0.1, -0.05) is 6.92 Å². The fourth-order valence-electron chi connectivity index (χ4n) is 1.66. The molecule has 90 valence electrons. The summed E-state index contributed by atoms with van der Waals surface area (Å²) in [5.74, 6) is 0. The van der Waals surface area contributed by atoms with E-state index in [0.717, 1.165) is 36.6 Å². The maximum Gasteiger partial charge on any atom is 0.0835 e. The first-order valence-corrected chi connectivity index (χ1v) is 5.97. The van der Waals surface area contributed by atoms with Crippen molar-refractivity contribution >= 4 is 5.69 Å².